The van der Waals surface area contributed by atoms with Crippen molar-refractivity contribution in [1.82, 2.24) is 5.32 Å². The molecule has 28 heavy (non-hydrogen) atoms. The third-order valence-electron chi connectivity index (χ3n) is 5.58. The van der Waals surface area contributed by atoms with Crippen molar-refractivity contribution in [2.45, 2.75) is 26.1 Å². The SMILES string of the molecule is C=C(/C=C\C(=C/C)c1cc2c(cc1Cl)OC(F)(F)O2)NCC1CC2C=CC1C2. The number of halogens is 3. The summed E-state index contributed by atoms with van der Waals surface area (Å²) in [7, 11) is 0. The molecule has 1 N–H and O–H groups in total. The first-order valence-electron chi connectivity index (χ1n) is 9.40. The fraction of sp³-hybridized carbons (Fsp3) is 0.364. The highest BCUT2D eigenvalue weighted by Gasteiger charge is 2.43. The van der Waals surface area contributed by atoms with Crippen LogP contribution in [0.4, 0.5) is 8.78 Å². The van der Waals surface area contributed by atoms with E-state index >= 15 is 0 Å². The number of rotatable bonds is 6. The molecule has 0 saturated heterocycles. The molecule has 0 radical (unpaired) electrons. The Morgan fingerprint density at radius 2 is 2.00 bits per heavy atom. The zero-order valence-corrected chi connectivity index (χ0v) is 16.3. The van der Waals surface area contributed by atoms with Crippen LogP contribution in [0.5, 0.6) is 11.5 Å². The molecule has 6 heteroatoms. The Bertz CT molecular complexity index is 891. The van der Waals surface area contributed by atoms with Gasteiger partial charge in [-0.05, 0) is 55.2 Å². The van der Waals surface area contributed by atoms with Crippen LogP contribution in [0.15, 0.2) is 54.8 Å². The van der Waals surface area contributed by atoms with Crippen LogP contribution in [-0.2, 0) is 0 Å². The lowest BCUT2D eigenvalue weighted by Crippen LogP contribution is -2.25. The minimum Gasteiger partial charge on any atom is -0.395 e. The molecule has 3 atom stereocenters. The predicted molar refractivity (Wildman–Crippen MR) is 106 cm³/mol. The Morgan fingerprint density at radius 3 is 2.64 bits per heavy atom. The van der Waals surface area contributed by atoms with E-state index < -0.39 is 6.29 Å². The van der Waals surface area contributed by atoms with Crippen molar-refractivity contribution in [3.05, 3.63) is 65.4 Å². The number of ether oxygens (including phenoxy) is 2. The molecular weight excluding hydrogens is 384 g/mol. The van der Waals surface area contributed by atoms with Gasteiger partial charge < -0.3 is 14.8 Å². The third kappa shape index (κ3) is 3.81. The van der Waals surface area contributed by atoms with Gasteiger partial charge in [-0.1, -0.05) is 42.5 Å². The molecule has 3 aliphatic rings. The molecule has 148 valence electrons. The maximum absolute atomic E-state index is 13.3. The van der Waals surface area contributed by atoms with Crippen molar-refractivity contribution in [1.29, 1.82) is 0 Å². The Morgan fingerprint density at radius 1 is 1.25 bits per heavy atom. The molecule has 0 spiro atoms. The topological polar surface area (TPSA) is 30.5 Å². The van der Waals surface area contributed by atoms with E-state index in [0.29, 0.717) is 22.4 Å². The van der Waals surface area contributed by atoms with Crippen molar-refractivity contribution in [3.8, 4) is 11.5 Å². The molecule has 3 nitrogen and oxygen atoms in total. The van der Waals surface area contributed by atoms with Crippen LogP contribution in [0.1, 0.15) is 25.3 Å². The van der Waals surface area contributed by atoms with E-state index in [1.807, 2.05) is 25.2 Å². The Hall–Kier alpha value is -2.27. The van der Waals surface area contributed by atoms with Gasteiger partial charge in [0, 0.05) is 23.9 Å². The second kappa shape index (κ2) is 7.28. The Kier molecular flexibility index (Phi) is 4.96. The van der Waals surface area contributed by atoms with Crippen molar-refractivity contribution >= 4 is 17.2 Å². The molecule has 2 bridgehead atoms. The zero-order chi connectivity index (χ0) is 19.9. The smallest absolute Gasteiger partial charge is 0.395 e. The lowest BCUT2D eigenvalue weighted by atomic mass is 9.93. The van der Waals surface area contributed by atoms with Crippen molar-refractivity contribution in [2.75, 3.05) is 6.54 Å². The van der Waals surface area contributed by atoms with E-state index in [1.165, 1.54) is 25.0 Å². The predicted octanol–water partition coefficient (Wildman–Crippen LogP) is 5.94. The highest BCUT2D eigenvalue weighted by atomic mass is 35.5. The summed E-state index contributed by atoms with van der Waals surface area (Å²) in [5, 5.41) is 3.70. The van der Waals surface area contributed by atoms with Gasteiger partial charge in [0.1, 0.15) is 0 Å². The largest absolute Gasteiger partial charge is 0.586 e. The first-order valence-corrected chi connectivity index (χ1v) is 9.77. The van der Waals surface area contributed by atoms with Gasteiger partial charge in [0.25, 0.3) is 0 Å². The average molecular weight is 406 g/mol. The van der Waals surface area contributed by atoms with E-state index in [1.54, 1.807) is 0 Å². The van der Waals surface area contributed by atoms with E-state index in [0.717, 1.165) is 23.7 Å². The molecule has 0 aromatic heterocycles. The Balaban J connectivity index is 1.41. The highest BCUT2D eigenvalue weighted by molar-refractivity contribution is 6.32. The van der Waals surface area contributed by atoms with Crippen LogP contribution in [0.25, 0.3) is 5.57 Å². The van der Waals surface area contributed by atoms with Crippen molar-refractivity contribution in [2.24, 2.45) is 17.8 Å². The fourth-order valence-electron chi connectivity index (χ4n) is 4.18. The minimum absolute atomic E-state index is 0.0292. The number of benzene rings is 1. The summed E-state index contributed by atoms with van der Waals surface area (Å²) in [4.78, 5) is 0. The van der Waals surface area contributed by atoms with E-state index in [2.05, 4.69) is 33.5 Å². The highest BCUT2D eigenvalue weighted by Crippen LogP contribution is 2.45. The van der Waals surface area contributed by atoms with Crippen LogP contribution < -0.4 is 14.8 Å². The van der Waals surface area contributed by atoms with Gasteiger partial charge in [0.05, 0.1) is 5.02 Å². The standard InChI is InChI=1S/C22H22ClF2NO2/c1-3-15(18-10-20-21(11-19(18)23)28-22(24,25)27-20)6-4-13(2)26-12-17-9-14-5-7-16(17)8-14/h3-7,10-11,14,16-17,26H,2,8-9,12H2,1H3/b6-4-,15-3+. The minimum atomic E-state index is -3.66. The first-order chi connectivity index (χ1) is 13.3. The lowest BCUT2D eigenvalue weighted by molar-refractivity contribution is -0.286. The average Bonchev–Trinajstić information content (AvgIpc) is 3.33. The maximum atomic E-state index is 13.3. The van der Waals surface area contributed by atoms with Gasteiger partial charge in [0.15, 0.2) is 11.5 Å². The van der Waals surface area contributed by atoms with Gasteiger partial charge in [-0.15, -0.1) is 8.78 Å². The number of hydrogen-bond acceptors (Lipinski definition) is 3. The summed E-state index contributed by atoms with van der Waals surface area (Å²) < 4.78 is 35.5. The van der Waals surface area contributed by atoms with Crippen molar-refractivity contribution < 1.29 is 18.3 Å². The maximum Gasteiger partial charge on any atom is 0.586 e. The zero-order valence-electron chi connectivity index (χ0n) is 15.6. The third-order valence-corrected chi connectivity index (χ3v) is 5.90. The molecule has 4 rings (SSSR count). The van der Waals surface area contributed by atoms with Gasteiger partial charge >= 0.3 is 6.29 Å². The molecule has 1 heterocycles. The van der Waals surface area contributed by atoms with Gasteiger partial charge in [-0.2, -0.15) is 0 Å². The quantitative estimate of drug-likeness (QED) is 0.469. The number of alkyl halides is 2. The van der Waals surface area contributed by atoms with Crippen LogP contribution in [0.2, 0.25) is 5.02 Å². The molecule has 1 saturated carbocycles. The second-order valence-corrected chi connectivity index (χ2v) is 7.88. The molecule has 3 unspecified atom stereocenters. The second-order valence-electron chi connectivity index (χ2n) is 7.47. The molecule has 1 aliphatic heterocycles. The van der Waals surface area contributed by atoms with Crippen molar-refractivity contribution in [3.63, 3.8) is 0 Å². The number of nitrogens with one attached hydrogen (secondary N) is 1. The molecule has 2 aliphatic carbocycles. The summed E-state index contributed by atoms with van der Waals surface area (Å²) in [6.45, 7) is 6.81. The summed E-state index contributed by atoms with van der Waals surface area (Å²) >= 11 is 6.27. The van der Waals surface area contributed by atoms with Crippen LogP contribution in [-0.4, -0.2) is 12.8 Å². The van der Waals surface area contributed by atoms with Gasteiger partial charge in [-0.3, -0.25) is 0 Å². The first kappa shape index (κ1) is 19.1. The summed E-state index contributed by atoms with van der Waals surface area (Å²) in [5.74, 6) is 2.00. The van der Waals surface area contributed by atoms with E-state index in [-0.39, 0.29) is 11.5 Å². The summed E-state index contributed by atoms with van der Waals surface area (Å²) in [5.41, 5.74) is 2.17. The van der Waals surface area contributed by atoms with Crippen LogP contribution in [0, 0.1) is 17.8 Å². The number of allylic oxidation sites excluding steroid dienone is 6. The summed E-state index contributed by atoms with van der Waals surface area (Å²) in [6.07, 6.45) is 9.10. The van der Waals surface area contributed by atoms with Crippen LogP contribution in [0.3, 0.4) is 0 Å². The normalized spacial score (nSPS) is 27.0. The van der Waals surface area contributed by atoms with Gasteiger partial charge in [-0.25, -0.2) is 0 Å². The Labute approximate surface area is 168 Å². The number of fused-ring (bicyclic) bond motifs is 3. The van der Waals surface area contributed by atoms with E-state index in [9.17, 15) is 8.78 Å². The molecule has 1 fully saturated rings. The lowest BCUT2D eigenvalue weighted by Gasteiger charge is -2.19. The molecule has 1 aromatic rings. The van der Waals surface area contributed by atoms with Gasteiger partial charge in [0.2, 0.25) is 0 Å². The molecule has 0 amide bonds. The summed E-state index contributed by atoms with van der Waals surface area (Å²) in [6, 6.07) is 2.82. The fourth-order valence-corrected chi connectivity index (χ4v) is 4.44. The van der Waals surface area contributed by atoms with Crippen LogP contribution >= 0.6 is 11.6 Å². The monoisotopic (exact) mass is 405 g/mol. The molecule has 1 aromatic carbocycles. The molecular formula is C22H22ClF2NO2. The van der Waals surface area contributed by atoms with E-state index in [4.69, 9.17) is 11.6 Å². The number of hydrogen-bond donors (Lipinski definition) is 1.